The Balaban J connectivity index is 2.20. The van der Waals surface area contributed by atoms with Crippen LogP contribution in [0.25, 0.3) is 0 Å². The van der Waals surface area contributed by atoms with Crippen LogP contribution in [0.5, 0.6) is 0 Å². The van der Waals surface area contributed by atoms with Gasteiger partial charge in [-0.1, -0.05) is 12.1 Å². The van der Waals surface area contributed by atoms with Crippen molar-refractivity contribution in [2.45, 2.75) is 18.7 Å². The van der Waals surface area contributed by atoms with E-state index in [1.807, 2.05) is 37.1 Å². The predicted octanol–water partition coefficient (Wildman–Crippen LogP) is 3.85. The second kappa shape index (κ2) is 6.04. The second-order valence-electron chi connectivity index (χ2n) is 5.93. The molecule has 0 unspecified atom stereocenters. The first-order valence-corrected chi connectivity index (χ1v) is 9.76. The smallest absolute Gasteiger partial charge is 0.264 e. The zero-order valence-electron chi connectivity index (χ0n) is 13.7. The summed E-state index contributed by atoms with van der Waals surface area (Å²) in [7, 11) is -1.91. The minimum atomic E-state index is -3.85. The minimum Gasteiger partial charge on any atom is -0.371 e. The maximum absolute atomic E-state index is 14.2. The van der Waals surface area contributed by atoms with Gasteiger partial charge in [0.15, 0.2) is 0 Å². The van der Waals surface area contributed by atoms with Crippen LogP contribution in [0.4, 0.5) is 15.8 Å². The van der Waals surface area contributed by atoms with E-state index in [9.17, 15) is 12.8 Å². The van der Waals surface area contributed by atoms with E-state index >= 15 is 0 Å². The predicted molar refractivity (Wildman–Crippen MR) is 97.8 cm³/mol. The molecule has 2 aromatic rings. The molecule has 7 heteroatoms. The summed E-state index contributed by atoms with van der Waals surface area (Å²) in [5.74, 6) is -0.546. The Morgan fingerprint density at radius 3 is 2.54 bits per heavy atom. The molecule has 0 fully saturated rings. The molecular formula is C17H18BrFN2O2S. The van der Waals surface area contributed by atoms with Crippen molar-refractivity contribution in [2.75, 3.05) is 29.3 Å². The summed E-state index contributed by atoms with van der Waals surface area (Å²) in [5.41, 5.74) is 2.52. The molecule has 0 saturated carbocycles. The Morgan fingerprint density at radius 2 is 1.83 bits per heavy atom. The van der Waals surface area contributed by atoms with Crippen molar-refractivity contribution in [1.82, 2.24) is 0 Å². The van der Waals surface area contributed by atoms with Gasteiger partial charge in [-0.2, -0.15) is 0 Å². The standard InChI is InChI=1S/C17H18BrFN2O2S/c1-11-5-4-6-14-17(11)21(10-9-20(14)3)24(22,23)15-8-7-13(18)16(19)12(15)2/h4-8H,9-10H2,1-3H3. The molecule has 1 aliphatic heterocycles. The first kappa shape index (κ1) is 17.2. The molecule has 24 heavy (non-hydrogen) atoms. The minimum absolute atomic E-state index is 0.00181. The van der Waals surface area contributed by atoms with Gasteiger partial charge in [0.2, 0.25) is 0 Å². The van der Waals surface area contributed by atoms with E-state index < -0.39 is 15.8 Å². The lowest BCUT2D eigenvalue weighted by molar-refractivity contribution is 0.579. The van der Waals surface area contributed by atoms with Crippen LogP contribution in [0.15, 0.2) is 39.7 Å². The van der Waals surface area contributed by atoms with E-state index in [0.717, 1.165) is 11.3 Å². The van der Waals surface area contributed by atoms with Crippen LogP contribution in [0.1, 0.15) is 11.1 Å². The molecule has 0 N–H and O–H groups in total. The van der Waals surface area contributed by atoms with E-state index in [1.165, 1.54) is 23.4 Å². The van der Waals surface area contributed by atoms with Crippen LogP contribution >= 0.6 is 15.9 Å². The fourth-order valence-electron chi connectivity index (χ4n) is 3.02. The molecule has 1 aliphatic rings. The van der Waals surface area contributed by atoms with Crippen molar-refractivity contribution in [2.24, 2.45) is 0 Å². The molecular weight excluding hydrogens is 395 g/mol. The van der Waals surface area contributed by atoms with Gasteiger partial charge in [0.25, 0.3) is 10.0 Å². The second-order valence-corrected chi connectivity index (χ2v) is 8.61. The van der Waals surface area contributed by atoms with E-state index in [4.69, 9.17) is 0 Å². The van der Waals surface area contributed by atoms with Gasteiger partial charge < -0.3 is 4.90 Å². The largest absolute Gasteiger partial charge is 0.371 e. The molecule has 0 radical (unpaired) electrons. The van der Waals surface area contributed by atoms with E-state index in [2.05, 4.69) is 15.9 Å². The number of sulfonamides is 1. The molecule has 0 aliphatic carbocycles. The van der Waals surface area contributed by atoms with Gasteiger partial charge in [0.1, 0.15) is 5.82 Å². The lowest BCUT2D eigenvalue weighted by Gasteiger charge is -2.37. The van der Waals surface area contributed by atoms with Gasteiger partial charge in [-0.05, 0) is 53.5 Å². The number of likely N-dealkylation sites (N-methyl/N-ethyl adjacent to an activating group) is 1. The Kier molecular flexibility index (Phi) is 4.34. The van der Waals surface area contributed by atoms with E-state index in [1.54, 1.807) is 0 Å². The number of hydrogen-bond donors (Lipinski definition) is 0. The van der Waals surface area contributed by atoms with Gasteiger partial charge in [-0.15, -0.1) is 0 Å². The summed E-state index contributed by atoms with van der Waals surface area (Å²) in [6.45, 7) is 4.28. The highest BCUT2D eigenvalue weighted by atomic mass is 79.9. The molecule has 0 saturated heterocycles. The molecule has 0 spiro atoms. The van der Waals surface area contributed by atoms with Gasteiger partial charge in [-0.3, -0.25) is 4.31 Å². The van der Waals surface area contributed by atoms with Gasteiger partial charge in [0.05, 0.1) is 27.3 Å². The summed E-state index contributed by atoms with van der Waals surface area (Å²) in [4.78, 5) is 2.03. The number of anilines is 2. The Hall–Kier alpha value is -1.60. The molecule has 3 rings (SSSR count). The van der Waals surface area contributed by atoms with Gasteiger partial charge >= 0.3 is 0 Å². The van der Waals surface area contributed by atoms with Crippen molar-refractivity contribution >= 4 is 37.3 Å². The van der Waals surface area contributed by atoms with Crippen LogP contribution < -0.4 is 9.21 Å². The lowest BCUT2D eigenvalue weighted by Crippen LogP contribution is -2.43. The highest BCUT2D eigenvalue weighted by Crippen LogP contribution is 2.39. The summed E-state index contributed by atoms with van der Waals surface area (Å²) in [6, 6.07) is 8.58. The van der Waals surface area contributed by atoms with Crippen molar-refractivity contribution in [1.29, 1.82) is 0 Å². The third-order valence-corrected chi connectivity index (χ3v) is 6.93. The number of nitrogens with zero attached hydrogens (tertiary/aromatic N) is 2. The van der Waals surface area contributed by atoms with Crippen molar-refractivity contribution in [3.63, 3.8) is 0 Å². The summed E-state index contributed by atoms with van der Waals surface area (Å²) >= 11 is 3.10. The van der Waals surface area contributed by atoms with Crippen LogP contribution in [0.3, 0.4) is 0 Å². The van der Waals surface area contributed by atoms with E-state index in [-0.39, 0.29) is 14.9 Å². The highest BCUT2D eigenvalue weighted by molar-refractivity contribution is 9.10. The molecule has 0 atom stereocenters. The van der Waals surface area contributed by atoms with Crippen LogP contribution in [-0.2, 0) is 10.0 Å². The SMILES string of the molecule is Cc1cccc2c1N(S(=O)(=O)c1ccc(Br)c(F)c1C)CCN2C. The monoisotopic (exact) mass is 412 g/mol. The summed E-state index contributed by atoms with van der Waals surface area (Å²) < 4.78 is 42.3. The number of hydrogen-bond acceptors (Lipinski definition) is 3. The average molecular weight is 413 g/mol. The third-order valence-electron chi connectivity index (χ3n) is 4.37. The normalized spacial score (nSPS) is 14.7. The highest BCUT2D eigenvalue weighted by Gasteiger charge is 2.33. The molecule has 128 valence electrons. The summed E-state index contributed by atoms with van der Waals surface area (Å²) in [6.07, 6.45) is 0. The summed E-state index contributed by atoms with van der Waals surface area (Å²) in [5, 5.41) is 0. The van der Waals surface area contributed by atoms with Gasteiger partial charge in [0, 0.05) is 19.2 Å². The quantitative estimate of drug-likeness (QED) is 0.751. The maximum atomic E-state index is 14.2. The zero-order chi connectivity index (χ0) is 17.6. The fraction of sp³-hybridized carbons (Fsp3) is 0.294. The number of rotatable bonds is 2. The number of fused-ring (bicyclic) bond motifs is 1. The number of benzene rings is 2. The molecule has 1 heterocycles. The Morgan fingerprint density at radius 1 is 1.12 bits per heavy atom. The topological polar surface area (TPSA) is 40.6 Å². The third kappa shape index (κ3) is 2.59. The van der Waals surface area contributed by atoms with E-state index in [0.29, 0.717) is 18.8 Å². The first-order chi connectivity index (χ1) is 11.2. The zero-order valence-corrected chi connectivity index (χ0v) is 16.1. The van der Waals surface area contributed by atoms with Crippen LogP contribution in [0.2, 0.25) is 0 Å². The van der Waals surface area contributed by atoms with Crippen LogP contribution in [-0.4, -0.2) is 28.6 Å². The molecule has 0 bridgehead atoms. The molecule has 2 aromatic carbocycles. The van der Waals surface area contributed by atoms with Crippen molar-refractivity contribution < 1.29 is 12.8 Å². The first-order valence-electron chi connectivity index (χ1n) is 7.53. The fourth-order valence-corrected chi connectivity index (χ4v) is 5.21. The number of para-hydroxylation sites is 1. The maximum Gasteiger partial charge on any atom is 0.264 e. The number of aryl methyl sites for hydroxylation is 1. The number of halogens is 2. The van der Waals surface area contributed by atoms with Crippen molar-refractivity contribution in [3.8, 4) is 0 Å². The van der Waals surface area contributed by atoms with Gasteiger partial charge in [-0.25, -0.2) is 12.8 Å². The average Bonchev–Trinajstić information content (AvgIpc) is 2.53. The molecule has 4 nitrogen and oxygen atoms in total. The van der Waals surface area contributed by atoms with Crippen molar-refractivity contribution in [3.05, 3.63) is 51.7 Å². The molecule has 0 amide bonds. The van der Waals surface area contributed by atoms with Crippen LogP contribution in [0, 0.1) is 19.7 Å². The Bertz CT molecular complexity index is 915. The molecule has 0 aromatic heterocycles. The Labute approximate surface area is 150 Å². The lowest BCUT2D eigenvalue weighted by atomic mass is 10.1.